The summed E-state index contributed by atoms with van der Waals surface area (Å²) >= 11 is 13.6. The van der Waals surface area contributed by atoms with Crippen LogP contribution >= 0.6 is 34.5 Å². The van der Waals surface area contributed by atoms with Crippen molar-refractivity contribution < 1.29 is 14.5 Å². The Hall–Kier alpha value is -2.26. The Kier molecular flexibility index (Phi) is 5.91. The zero-order chi connectivity index (χ0) is 19.6. The monoisotopic (exact) mass is 425 g/mol. The van der Waals surface area contributed by atoms with Crippen LogP contribution in [0.25, 0.3) is 10.2 Å². The molecule has 0 bridgehead atoms. The van der Waals surface area contributed by atoms with Gasteiger partial charge in [0.25, 0.3) is 11.6 Å². The Bertz CT molecular complexity index is 1110. The number of benzene rings is 2. The van der Waals surface area contributed by atoms with Crippen LogP contribution in [-0.4, -0.2) is 29.1 Å². The molecule has 2 aromatic carbocycles. The molecule has 1 aromatic heterocycles. The van der Waals surface area contributed by atoms with Gasteiger partial charge in [-0.3, -0.25) is 14.9 Å². The van der Waals surface area contributed by atoms with Gasteiger partial charge in [-0.25, -0.2) is 0 Å². The normalized spacial score (nSPS) is 11.9. The third kappa shape index (κ3) is 4.03. The van der Waals surface area contributed by atoms with Gasteiger partial charge in [0.2, 0.25) is 0 Å². The van der Waals surface area contributed by atoms with Crippen LogP contribution in [0.4, 0.5) is 5.69 Å². The summed E-state index contributed by atoms with van der Waals surface area (Å²) in [6, 6.07) is 9.10. The van der Waals surface area contributed by atoms with Gasteiger partial charge in [0.05, 0.1) is 37.4 Å². The van der Waals surface area contributed by atoms with Crippen molar-refractivity contribution in [3.05, 3.63) is 66.9 Å². The number of carbonyl (C=O) groups excluding carboxylic acids is 1. The first kappa shape index (κ1) is 19.5. The number of hydrogen-bond acceptors (Lipinski definition) is 5. The molecule has 0 spiro atoms. The lowest BCUT2D eigenvalue weighted by molar-refractivity contribution is -0.384. The number of amides is 1. The van der Waals surface area contributed by atoms with Crippen LogP contribution in [0.3, 0.4) is 0 Å². The van der Waals surface area contributed by atoms with Crippen LogP contribution in [0.1, 0.15) is 10.4 Å². The molecule has 140 valence electrons. The number of para-hydroxylation sites is 1. The second-order valence-electron chi connectivity index (χ2n) is 5.45. The summed E-state index contributed by atoms with van der Waals surface area (Å²) < 4.78 is 7.77. The number of thiazole rings is 1. The van der Waals surface area contributed by atoms with Gasteiger partial charge < -0.3 is 9.30 Å². The lowest BCUT2D eigenvalue weighted by Crippen LogP contribution is -2.19. The maximum absolute atomic E-state index is 12.7. The maximum Gasteiger partial charge on any atom is 0.281 e. The van der Waals surface area contributed by atoms with E-state index < -0.39 is 10.8 Å². The molecule has 1 amide bonds. The molecule has 0 radical (unpaired) electrons. The van der Waals surface area contributed by atoms with Gasteiger partial charge in [-0.1, -0.05) is 40.6 Å². The minimum Gasteiger partial charge on any atom is -0.383 e. The van der Waals surface area contributed by atoms with Gasteiger partial charge in [0.1, 0.15) is 0 Å². The van der Waals surface area contributed by atoms with Crippen LogP contribution in [0.5, 0.6) is 0 Å². The number of ether oxygens (including phenoxy) is 1. The molecule has 0 saturated carbocycles. The number of fused-ring (bicyclic) bond motifs is 1. The summed E-state index contributed by atoms with van der Waals surface area (Å²) in [6.45, 7) is 0.838. The van der Waals surface area contributed by atoms with Gasteiger partial charge in [-0.15, -0.1) is 0 Å². The predicted octanol–water partition coefficient (Wildman–Crippen LogP) is 4.31. The van der Waals surface area contributed by atoms with Crippen molar-refractivity contribution in [3.8, 4) is 0 Å². The number of nitro groups is 1. The average Bonchev–Trinajstić information content (AvgIpc) is 2.98. The fourth-order valence-electron chi connectivity index (χ4n) is 2.50. The van der Waals surface area contributed by atoms with E-state index in [4.69, 9.17) is 27.9 Å². The highest BCUT2D eigenvalue weighted by Crippen LogP contribution is 2.26. The number of nitrogens with zero attached hydrogens (tertiary/aromatic N) is 3. The molecular weight excluding hydrogens is 413 g/mol. The molecule has 0 saturated heterocycles. The summed E-state index contributed by atoms with van der Waals surface area (Å²) in [7, 11) is 1.57. The number of carbonyl (C=O) groups is 1. The Balaban J connectivity index is 2.15. The van der Waals surface area contributed by atoms with E-state index in [-0.39, 0.29) is 16.3 Å². The van der Waals surface area contributed by atoms with Crippen LogP contribution in [0.2, 0.25) is 10.0 Å². The van der Waals surface area contributed by atoms with E-state index in [2.05, 4.69) is 4.99 Å². The van der Waals surface area contributed by atoms with E-state index in [0.29, 0.717) is 23.0 Å². The van der Waals surface area contributed by atoms with Gasteiger partial charge in [-0.2, -0.15) is 4.99 Å². The third-order valence-corrected chi connectivity index (χ3v) is 5.44. The van der Waals surface area contributed by atoms with Crippen molar-refractivity contribution in [1.29, 1.82) is 0 Å². The lowest BCUT2D eigenvalue weighted by atomic mass is 10.2. The number of hydrogen-bond donors (Lipinski definition) is 0. The molecule has 3 rings (SSSR count). The molecule has 0 aliphatic carbocycles. The molecule has 10 heteroatoms. The standard InChI is InChI=1S/C17H13Cl2N3O4S/c1-26-8-7-21-15-13(19)3-2-4-14(15)27-17(21)20-16(23)11-9-10(22(24)25)5-6-12(11)18/h2-6,9H,7-8H2,1H3. The van der Waals surface area contributed by atoms with Crippen molar-refractivity contribution in [2.24, 2.45) is 4.99 Å². The van der Waals surface area contributed by atoms with E-state index in [0.717, 1.165) is 16.3 Å². The van der Waals surface area contributed by atoms with Crippen molar-refractivity contribution in [2.45, 2.75) is 6.54 Å². The summed E-state index contributed by atoms with van der Waals surface area (Å²) in [4.78, 5) is 27.6. The molecular formula is C17H13Cl2N3O4S. The molecule has 0 atom stereocenters. The second kappa shape index (κ2) is 8.18. The van der Waals surface area contributed by atoms with Gasteiger partial charge in [-0.05, 0) is 18.2 Å². The number of methoxy groups -OCH3 is 1. The fourth-order valence-corrected chi connectivity index (χ4v) is 4.11. The van der Waals surface area contributed by atoms with Gasteiger partial charge in [0, 0.05) is 25.8 Å². The van der Waals surface area contributed by atoms with Crippen LogP contribution in [-0.2, 0) is 11.3 Å². The van der Waals surface area contributed by atoms with E-state index in [1.54, 1.807) is 17.7 Å². The van der Waals surface area contributed by atoms with Crippen molar-refractivity contribution in [3.63, 3.8) is 0 Å². The number of nitro benzene ring substituents is 1. The molecule has 1 heterocycles. The first-order chi connectivity index (χ1) is 12.9. The Morgan fingerprint density at radius 1 is 1.30 bits per heavy atom. The SMILES string of the molecule is COCCn1c(=NC(=O)c2cc([N+](=O)[O-])ccc2Cl)sc2cccc(Cl)c21. The molecule has 0 unspecified atom stereocenters. The number of halogens is 2. The molecule has 7 nitrogen and oxygen atoms in total. The molecule has 0 aliphatic rings. The van der Waals surface area contributed by atoms with Crippen LogP contribution in [0, 0.1) is 10.1 Å². The van der Waals surface area contributed by atoms with E-state index in [1.807, 2.05) is 12.1 Å². The molecule has 27 heavy (non-hydrogen) atoms. The first-order valence-electron chi connectivity index (χ1n) is 7.72. The second-order valence-corrected chi connectivity index (χ2v) is 7.28. The highest BCUT2D eigenvalue weighted by atomic mass is 35.5. The Morgan fingerprint density at radius 2 is 2.07 bits per heavy atom. The molecule has 3 aromatic rings. The van der Waals surface area contributed by atoms with Crippen LogP contribution < -0.4 is 4.80 Å². The number of aromatic nitrogens is 1. The fraction of sp³-hybridized carbons (Fsp3) is 0.176. The quantitative estimate of drug-likeness (QED) is 0.450. The number of rotatable bonds is 5. The smallest absolute Gasteiger partial charge is 0.281 e. The highest BCUT2D eigenvalue weighted by Gasteiger charge is 2.17. The minimum absolute atomic E-state index is 0.0345. The third-order valence-electron chi connectivity index (χ3n) is 3.76. The first-order valence-corrected chi connectivity index (χ1v) is 9.29. The van der Waals surface area contributed by atoms with Crippen molar-refractivity contribution in [1.82, 2.24) is 4.57 Å². The summed E-state index contributed by atoms with van der Waals surface area (Å²) in [5.41, 5.74) is 0.482. The highest BCUT2D eigenvalue weighted by molar-refractivity contribution is 7.16. The van der Waals surface area contributed by atoms with Crippen molar-refractivity contribution in [2.75, 3.05) is 13.7 Å². The minimum atomic E-state index is -0.669. The molecule has 0 aliphatic heterocycles. The Labute approximate surface area is 167 Å². The largest absolute Gasteiger partial charge is 0.383 e. The zero-order valence-electron chi connectivity index (χ0n) is 14.0. The predicted molar refractivity (Wildman–Crippen MR) is 105 cm³/mol. The molecule has 0 N–H and O–H groups in total. The summed E-state index contributed by atoms with van der Waals surface area (Å²) in [6.07, 6.45) is 0. The van der Waals surface area contributed by atoms with E-state index >= 15 is 0 Å². The zero-order valence-corrected chi connectivity index (χ0v) is 16.3. The van der Waals surface area contributed by atoms with Gasteiger partial charge in [0.15, 0.2) is 4.80 Å². The van der Waals surface area contributed by atoms with E-state index in [1.165, 1.54) is 23.5 Å². The lowest BCUT2D eigenvalue weighted by Gasteiger charge is -2.05. The maximum atomic E-state index is 12.7. The Morgan fingerprint density at radius 3 is 2.78 bits per heavy atom. The number of non-ortho nitro benzene ring substituents is 1. The summed E-state index contributed by atoms with van der Waals surface area (Å²) in [5, 5.41) is 11.6. The van der Waals surface area contributed by atoms with Crippen molar-refractivity contribution >= 4 is 56.3 Å². The average molecular weight is 426 g/mol. The topological polar surface area (TPSA) is 86.7 Å². The van der Waals surface area contributed by atoms with Crippen LogP contribution in [0.15, 0.2) is 41.4 Å². The summed E-state index contributed by atoms with van der Waals surface area (Å²) in [5.74, 6) is -0.669. The molecule has 0 fully saturated rings. The van der Waals surface area contributed by atoms with E-state index in [9.17, 15) is 14.9 Å². The van der Waals surface area contributed by atoms with Gasteiger partial charge >= 0.3 is 0 Å².